The second kappa shape index (κ2) is 4.24. The molecule has 1 rings (SSSR count). The predicted octanol–water partition coefficient (Wildman–Crippen LogP) is 1.38. The third kappa shape index (κ3) is 2.06. The molecule has 0 radical (unpaired) electrons. The van der Waals surface area contributed by atoms with Crippen molar-refractivity contribution in [1.29, 1.82) is 0 Å². The van der Waals surface area contributed by atoms with Crippen molar-refractivity contribution in [3.63, 3.8) is 0 Å². The second-order valence-corrected chi connectivity index (χ2v) is 2.95. The molecule has 0 heterocycles. The van der Waals surface area contributed by atoms with Crippen molar-refractivity contribution in [3.05, 3.63) is 35.4 Å². The number of aryl methyl sites for hydroxylation is 1. The number of hydrogen-bond donors (Lipinski definition) is 2. The average Bonchev–Trinajstić information content (AvgIpc) is 2.05. The van der Waals surface area contributed by atoms with Crippen molar-refractivity contribution in [2.24, 2.45) is 5.73 Å². The topological polar surface area (TPSA) is 46.2 Å². The number of aliphatic hydroxyl groups is 1. The molecule has 1 atom stereocenters. The van der Waals surface area contributed by atoms with E-state index in [1.807, 2.05) is 31.2 Å². The van der Waals surface area contributed by atoms with Gasteiger partial charge in [0.2, 0.25) is 0 Å². The van der Waals surface area contributed by atoms with Gasteiger partial charge in [-0.1, -0.05) is 24.3 Å². The molecule has 12 heavy (non-hydrogen) atoms. The SMILES string of the molecule is Cc1ccccc1[C@H](O)CCN. The summed E-state index contributed by atoms with van der Waals surface area (Å²) in [6.07, 6.45) is 0.224. The molecule has 66 valence electrons. The van der Waals surface area contributed by atoms with E-state index in [9.17, 15) is 5.11 Å². The molecule has 0 amide bonds. The van der Waals surface area contributed by atoms with E-state index in [-0.39, 0.29) is 0 Å². The van der Waals surface area contributed by atoms with Crippen LogP contribution in [0.4, 0.5) is 0 Å². The summed E-state index contributed by atoms with van der Waals surface area (Å²) in [4.78, 5) is 0. The third-order valence-electron chi connectivity index (χ3n) is 1.99. The molecule has 0 unspecified atom stereocenters. The summed E-state index contributed by atoms with van der Waals surface area (Å²) in [5, 5.41) is 9.62. The quantitative estimate of drug-likeness (QED) is 0.710. The molecular weight excluding hydrogens is 150 g/mol. The molecule has 0 aromatic heterocycles. The van der Waals surface area contributed by atoms with Gasteiger partial charge in [-0.05, 0) is 31.0 Å². The van der Waals surface area contributed by atoms with Crippen LogP contribution in [0.25, 0.3) is 0 Å². The molecule has 0 spiro atoms. The predicted molar refractivity (Wildman–Crippen MR) is 49.8 cm³/mol. The summed E-state index contributed by atoms with van der Waals surface area (Å²) in [6.45, 7) is 2.52. The van der Waals surface area contributed by atoms with Crippen molar-refractivity contribution in [2.75, 3.05) is 6.54 Å². The molecule has 0 saturated carbocycles. The molecular formula is C10H15NO. The highest BCUT2D eigenvalue weighted by Crippen LogP contribution is 2.18. The fourth-order valence-electron chi connectivity index (χ4n) is 1.27. The van der Waals surface area contributed by atoms with Crippen molar-refractivity contribution in [2.45, 2.75) is 19.4 Å². The third-order valence-corrected chi connectivity index (χ3v) is 1.99. The standard InChI is InChI=1S/C10H15NO/c1-8-4-2-3-5-9(8)10(12)6-7-11/h2-5,10,12H,6-7,11H2,1H3/t10-/m1/s1. The van der Waals surface area contributed by atoms with Crippen LogP contribution in [-0.4, -0.2) is 11.7 Å². The summed E-state index contributed by atoms with van der Waals surface area (Å²) in [6, 6.07) is 7.83. The average molecular weight is 165 g/mol. The maximum Gasteiger partial charge on any atom is 0.0804 e. The Bertz CT molecular complexity index is 247. The van der Waals surface area contributed by atoms with E-state index in [1.165, 1.54) is 0 Å². The van der Waals surface area contributed by atoms with E-state index >= 15 is 0 Å². The summed E-state index contributed by atoms with van der Waals surface area (Å²) in [5.41, 5.74) is 7.47. The normalized spacial score (nSPS) is 12.9. The zero-order chi connectivity index (χ0) is 8.97. The van der Waals surface area contributed by atoms with Gasteiger partial charge in [-0.25, -0.2) is 0 Å². The molecule has 2 nitrogen and oxygen atoms in total. The number of nitrogens with two attached hydrogens (primary N) is 1. The van der Waals surface area contributed by atoms with E-state index in [2.05, 4.69) is 0 Å². The highest BCUT2D eigenvalue weighted by molar-refractivity contribution is 5.27. The molecule has 1 aromatic carbocycles. The van der Waals surface area contributed by atoms with Crippen molar-refractivity contribution < 1.29 is 5.11 Å². The number of benzene rings is 1. The molecule has 0 aliphatic carbocycles. The van der Waals surface area contributed by atoms with E-state index in [0.717, 1.165) is 11.1 Å². The molecule has 0 fully saturated rings. The molecule has 3 N–H and O–H groups in total. The fourth-order valence-corrected chi connectivity index (χ4v) is 1.27. The zero-order valence-electron chi connectivity index (χ0n) is 7.33. The fraction of sp³-hybridized carbons (Fsp3) is 0.400. The number of hydrogen-bond acceptors (Lipinski definition) is 2. The van der Waals surface area contributed by atoms with E-state index in [0.29, 0.717) is 13.0 Å². The van der Waals surface area contributed by atoms with Gasteiger partial charge in [0.05, 0.1) is 6.10 Å². The van der Waals surface area contributed by atoms with Crippen LogP contribution >= 0.6 is 0 Å². The van der Waals surface area contributed by atoms with Gasteiger partial charge in [0.25, 0.3) is 0 Å². The van der Waals surface area contributed by atoms with Gasteiger partial charge in [0, 0.05) is 0 Å². The minimum absolute atomic E-state index is 0.406. The Morgan fingerprint density at radius 3 is 2.67 bits per heavy atom. The van der Waals surface area contributed by atoms with Crippen LogP contribution in [0.2, 0.25) is 0 Å². The van der Waals surface area contributed by atoms with Crippen molar-refractivity contribution >= 4 is 0 Å². The van der Waals surface area contributed by atoms with E-state index < -0.39 is 6.10 Å². The van der Waals surface area contributed by atoms with Crippen LogP contribution in [0, 0.1) is 6.92 Å². The van der Waals surface area contributed by atoms with Gasteiger partial charge < -0.3 is 10.8 Å². The van der Waals surface area contributed by atoms with Crippen LogP contribution in [0.1, 0.15) is 23.7 Å². The molecule has 0 saturated heterocycles. The number of rotatable bonds is 3. The van der Waals surface area contributed by atoms with Gasteiger partial charge in [0.1, 0.15) is 0 Å². The van der Waals surface area contributed by atoms with E-state index in [1.54, 1.807) is 0 Å². The summed E-state index contributed by atoms with van der Waals surface area (Å²) in [5.74, 6) is 0. The molecule has 2 heteroatoms. The van der Waals surface area contributed by atoms with Crippen LogP contribution in [-0.2, 0) is 0 Å². The smallest absolute Gasteiger partial charge is 0.0804 e. The first-order valence-electron chi connectivity index (χ1n) is 4.19. The lowest BCUT2D eigenvalue weighted by molar-refractivity contribution is 0.169. The Morgan fingerprint density at radius 2 is 2.08 bits per heavy atom. The first-order valence-corrected chi connectivity index (χ1v) is 4.19. The number of aliphatic hydroxyl groups excluding tert-OH is 1. The Labute approximate surface area is 73.0 Å². The van der Waals surface area contributed by atoms with Gasteiger partial charge >= 0.3 is 0 Å². The molecule has 0 bridgehead atoms. The largest absolute Gasteiger partial charge is 0.388 e. The highest BCUT2D eigenvalue weighted by Gasteiger charge is 2.07. The summed E-state index contributed by atoms with van der Waals surface area (Å²) in [7, 11) is 0. The minimum Gasteiger partial charge on any atom is -0.388 e. The molecule has 1 aromatic rings. The van der Waals surface area contributed by atoms with Gasteiger partial charge in [-0.15, -0.1) is 0 Å². The summed E-state index contributed by atoms with van der Waals surface area (Å²) < 4.78 is 0. The van der Waals surface area contributed by atoms with Crippen LogP contribution in [0.5, 0.6) is 0 Å². The van der Waals surface area contributed by atoms with Crippen LogP contribution in [0.3, 0.4) is 0 Å². The van der Waals surface area contributed by atoms with Crippen LogP contribution < -0.4 is 5.73 Å². The Kier molecular flexibility index (Phi) is 3.26. The first-order chi connectivity index (χ1) is 5.75. The Hall–Kier alpha value is -0.860. The van der Waals surface area contributed by atoms with Crippen molar-refractivity contribution in [3.8, 4) is 0 Å². The lowest BCUT2D eigenvalue weighted by Gasteiger charge is -2.11. The lowest BCUT2D eigenvalue weighted by atomic mass is 10.0. The van der Waals surface area contributed by atoms with E-state index in [4.69, 9.17) is 5.73 Å². The monoisotopic (exact) mass is 165 g/mol. The first kappa shape index (κ1) is 9.23. The molecule has 0 aliphatic rings. The maximum absolute atomic E-state index is 9.62. The zero-order valence-corrected chi connectivity index (χ0v) is 7.33. The molecule has 0 aliphatic heterocycles. The maximum atomic E-state index is 9.62. The highest BCUT2D eigenvalue weighted by atomic mass is 16.3. The lowest BCUT2D eigenvalue weighted by Crippen LogP contribution is -2.07. The van der Waals surface area contributed by atoms with Gasteiger partial charge in [-0.3, -0.25) is 0 Å². The second-order valence-electron chi connectivity index (χ2n) is 2.95. The van der Waals surface area contributed by atoms with Crippen molar-refractivity contribution in [1.82, 2.24) is 0 Å². The minimum atomic E-state index is -0.406. The van der Waals surface area contributed by atoms with Gasteiger partial charge in [-0.2, -0.15) is 0 Å². The van der Waals surface area contributed by atoms with Crippen LogP contribution in [0.15, 0.2) is 24.3 Å². The Balaban J connectivity index is 2.79. The Morgan fingerprint density at radius 1 is 1.42 bits per heavy atom. The summed E-state index contributed by atoms with van der Waals surface area (Å²) >= 11 is 0. The van der Waals surface area contributed by atoms with Gasteiger partial charge in [0.15, 0.2) is 0 Å².